The van der Waals surface area contributed by atoms with E-state index in [4.69, 9.17) is 10.2 Å². The maximum atomic E-state index is 12.1. The third-order valence-corrected chi connectivity index (χ3v) is 4.30. The average Bonchev–Trinajstić information content (AvgIpc) is 2.37. The molecule has 1 atom stereocenters. The summed E-state index contributed by atoms with van der Waals surface area (Å²) in [6, 6.07) is 4.63. The second-order valence-electron chi connectivity index (χ2n) is 4.61. The SMILES string of the molecule is Cc1ccc(S(=O)(=O)NC(CCCC(=O)O)C(=O)O)cc1. The zero-order valence-corrected chi connectivity index (χ0v) is 12.3. The minimum absolute atomic E-state index is 0.0300. The van der Waals surface area contributed by atoms with Crippen molar-refractivity contribution in [2.45, 2.75) is 37.1 Å². The van der Waals surface area contributed by atoms with Gasteiger partial charge in [0.15, 0.2) is 0 Å². The number of carbonyl (C=O) groups is 2. The fraction of sp³-hybridized carbons (Fsp3) is 0.385. The molecule has 0 aliphatic rings. The second kappa shape index (κ2) is 7.19. The predicted molar refractivity (Wildman–Crippen MR) is 74.4 cm³/mol. The number of hydrogen-bond donors (Lipinski definition) is 3. The maximum Gasteiger partial charge on any atom is 0.321 e. The minimum Gasteiger partial charge on any atom is -0.481 e. The molecule has 0 spiro atoms. The zero-order chi connectivity index (χ0) is 16.0. The van der Waals surface area contributed by atoms with Crippen LogP contribution < -0.4 is 4.72 Å². The first kappa shape index (κ1) is 17.1. The molecule has 3 N–H and O–H groups in total. The molecule has 116 valence electrons. The molecule has 7 nitrogen and oxygen atoms in total. The second-order valence-corrected chi connectivity index (χ2v) is 6.33. The van der Waals surface area contributed by atoms with E-state index in [1.54, 1.807) is 19.1 Å². The van der Waals surface area contributed by atoms with Crippen molar-refractivity contribution < 1.29 is 28.2 Å². The Morgan fingerprint density at radius 2 is 1.76 bits per heavy atom. The first-order chi connectivity index (χ1) is 9.72. The van der Waals surface area contributed by atoms with E-state index in [1.807, 2.05) is 0 Å². The summed E-state index contributed by atoms with van der Waals surface area (Å²) in [4.78, 5) is 21.4. The molecule has 8 heteroatoms. The number of hydrogen-bond acceptors (Lipinski definition) is 4. The Balaban J connectivity index is 2.79. The van der Waals surface area contributed by atoms with Crippen molar-refractivity contribution in [3.05, 3.63) is 29.8 Å². The zero-order valence-electron chi connectivity index (χ0n) is 11.4. The van der Waals surface area contributed by atoms with Gasteiger partial charge in [-0.3, -0.25) is 9.59 Å². The lowest BCUT2D eigenvalue weighted by Gasteiger charge is -2.14. The first-order valence-corrected chi connectivity index (χ1v) is 7.74. The van der Waals surface area contributed by atoms with Crippen LogP contribution in [0.5, 0.6) is 0 Å². The highest BCUT2D eigenvalue weighted by atomic mass is 32.2. The summed E-state index contributed by atoms with van der Waals surface area (Å²) in [5.41, 5.74) is 0.880. The van der Waals surface area contributed by atoms with Crippen LogP contribution >= 0.6 is 0 Å². The summed E-state index contributed by atoms with van der Waals surface area (Å²) in [7, 11) is -3.95. The maximum absolute atomic E-state index is 12.1. The van der Waals surface area contributed by atoms with Gasteiger partial charge < -0.3 is 10.2 Å². The highest BCUT2D eigenvalue weighted by molar-refractivity contribution is 7.89. The van der Waals surface area contributed by atoms with Crippen LogP contribution in [0.15, 0.2) is 29.2 Å². The van der Waals surface area contributed by atoms with Gasteiger partial charge in [-0.15, -0.1) is 0 Å². The van der Waals surface area contributed by atoms with Crippen LogP contribution in [0, 0.1) is 6.92 Å². The van der Waals surface area contributed by atoms with Crippen molar-refractivity contribution in [2.75, 3.05) is 0 Å². The molecular weight excluding hydrogens is 298 g/mol. The highest BCUT2D eigenvalue weighted by Gasteiger charge is 2.25. The number of rotatable bonds is 8. The Morgan fingerprint density at radius 1 is 1.19 bits per heavy atom. The van der Waals surface area contributed by atoms with E-state index in [0.717, 1.165) is 5.56 Å². The molecule has 1 aromatic carbocycles. The molecule has 0 amide bonds. The van der Waals surface area contributed by atoms with E-state index >= 15 is 0 Å². The van der Waals surface area contributed by atoms with E-state index in [2.05, 4.69) is 4.72 Å². The van der Waals surface area contributed by atoms with Crippen molar-refractivity contribution in [3.8, 4) is 0 Å². The molecule has 0 heterocycles. The van der Waals surface area contributed by atoms with E-state index in [1.165, 1.54) is 12.1 Å². The lowest BCUT2D eigenvalue weighted by atomic mass is 10.1. The van der Waals surface area contributed by atoms with E-state index in [-0.39, 0.29) is 24.2 Å². The van der Waals surface area contributed by atoms with Crippen LogP contribution in [0.3, 0.4) is 0 Å². The molecule has 1 rings (SSSR count). The molecular formula is C13H17NO6S. The van der Waals surface area contributed by atoms with Crippen molar-refractivity contribution in [3.63, 3.8) is 0 Å². The standard InChI is InChI=1S/C13H17NO6S/c1-9-5-7-10(8-6-9)21(19,20)14-11(13(17)18)3-2-4-12(15)16/h5-8,11,14H,2-4H2,1H3,(H,15,16)(H,17,18). The van der Waals surface area contributed by atoms with Gasteiger partial charge in [-0.05, 0) is 31.9 Å². The number of sulfonamides is 1. The lowest BCUT2D eigenvalue weighted by molar-refractivity contribution is -0.140. The first-order valence-electron chi connectivity index (χ1n) is 6.26. The quantitative estimate of drug-likeness (QED) is 0.657. The number of carboxylic acid groups (broad SMARTS) is 2. The minimum atomic E-state index is -3.95. The van der Waals surface area contributed by atoms with Gasteiger partial charge in [0.05, 0.1) is 4.90 Å². The van der Waals surface area contributed by atoms with Gasteiger partial charge in [0.1, 0.15) is 6.04 Å². The van der Waals surface area contributed by atoms with Crippen molar-refractivity contribution in [1.29, 1.82) is 0 Å². The molecule has 0 aliphatic heterocycles. The Labute approximate surface area is 122 Å². The van der Waals surface area contributed by atoms with Gasteiger partial charge in [-0.2, -0.15) is 4.72 Å². The number of aryl methyl sites for hydroxylation is 1. The van der Waals surface area contributed by atoms with Crippen molar-refractivity contribution in [1.82, 2.24) is 4.72 Å². The normalized spacial score (nSPS) is 12.8. The predicted octanol–water partition coefficient (Wildman–Crippen LogP) is 0.981. The summed E-state index contributed by atoms with van der Waals surface area (Å²) in [6.45, 7) is 1.80. The van der Waals surface area contributed by atoms with Gasteiger partial charge in [0, 0.05) is 6.42 Å². The van der Waals surface area contributed by atoms with Gasteiger partial charge in [-0.25, -0.2) is 8.42 Å². The molecule has 0 aromatic heterocycles. The lowest BCUT2D eigenvalue weighted by Crippen LogP contribution is -2.40. The van der Waals surface area contributed by atoms with Gasteiger partial charge >= 0.3 is 11.9 Å². The van der Waals surface area contributed by atoms with Crippen LogP contribution in [0.2, 0.25) is 0 Å². The molecule has 1 unspecified atom stereocenters. The van der Waals surface area contributed by atoms with Crippen LogP contribution in [0.4, 0.5) is 0 Å². The number of nitrogens with one attached hydrogen (secondary N) is 1. The molecule has 0 saturated carbocycles. The Morgan fingerprint density at radius 3 is 2.24 bits per heavy atom. The third-order valence-electron chi connectivity index (χ3n) is 2.81. The van der Waals surface area contributed by atoms with Crippen molar-refractivity contribution >= 4 is 22.0 Å². The molecule has 0 saturated heterocycles. The van der Waals surface area contributed by atoms with Crippen molar-refractivity contribution in [2.24, 2.45) is 0 Å². The molecule has 0 radical (unpaired) electrons. The van der Waals surface area contributed by atoms with Crippen LogP contribution in [0.1, 0.15) is 24.8 Å². The van der Waals surface area contributed by atoms with Crippen LogP contribution in [0.25, 0.3) is 0 Å². The molecule has 21 heavy (non-hydrogen) atoms. The van der Waals surface area contributed by atoms with Crippen LogP contribution in [-0.4, -0.2) is 36.6 Å². The van der Waals surface area contributed by atoms with E-state index in [9.17, 15) is 18.0 Å². The largest absolute Gasteiger partial charge is 0.481 e. The number of carboxylic acids is 2. The Kier molecular flexibility index (Phi) is 5.86. The number of benzene rings is 1. The molecule has 0 bridgehead atoms. The molecule has 0 fully saturated rings. The molecule has 1 aromatic rings. The number of aliphatic carboxylic acids is 2. The monoisotopic (exact) mass is 315 g/mol. The van der Waals surface area contributed by atoms with E-state index < -0.39 is 28.0 Å². The molecule has 0 aliphatic carbocycles. The smallest absolute Gasteiger partial charge is 0.321 e. The van der Waals surface area contributed by atoms with Gasteiger partial charge in [0.2, 0.25) is 10.0 Å². The summed E-state index contributed by atoms with van der Waals surface area (Å²) in [5, 5.41) is 17.5. The Bertz CT molecular complexity index is 608. The highest BCUT2D eigenvalue weighted by Crippen LogP contribution is 2.12. The summed E-state index contributed by atoms with van der Waals surface area (Å²) in [6.07, 6.45) is -0.231. The fourth-order valence-corrected chi connectivity index (χ4v) is 2.89. The average molecular weight is 315 g/mol. The van der Waals surface area contributed by atoms with Gasteiger partial charge in [0.25, 0.3) is 0 Å². The van der Waals surface area contributed by atoms with E-state index in [0.29, 0.717) is 0 Å². The summed E-state index contributed by atoms with van der Waals surface area (Å²) in [5.74, 6) is -2.39. The topological polar surface area (TPSA) is 121 Å². The summed E-state index contributed by atoms with van der Waals surface area (Å²) >= 11 is 0. The fourth-order valence-electron chi connectivity index (χ4n) is 1.66. The third kappa shape index (κ3) is 5.52. The van der Waals surface area contributed by atoms with Crippen LogP contribution in [-0.2, 0) is 19.6 Å². The Hall–Kier alpha value is -1.93. The van der Waals surface area contributed by atoms with Gasteiger partial charge in [-0.1, -0.05) is 17.7 Å². The summed E-state index contributed by atoms with van der Waals surface area (Å²) < 4.78 is 26.2.